The Labute approximate surface area is 126 Å². The van der Waals surface area contributed by atoms with Crippen LogP contribution < -0.4 is 5.32 Å². The fourth-order valence-electron chi connectivity index (χ4n) is 2.05. The molecule has 1 atom stereocenters. The number of nitrogens with one attached hydrogen (secondary N) is 1. The van der Waals surface area contributed by atoms with E-state index in [-0.39, 0.29) is 17.8 Å². The summed E-state index contributed by atoms with van der Waals surface area (Å²) in [5.41, 5.74) is 0.822. The van der Waals surface area contributed by atoms with Gasteiger partial charge in [0, 0.05) is 18.7 Å². The molecule has 2 aromatic rings. The van der Waals surface area contributed by atoms with Gasteiger partial charge in [-0.3, -0.25) is 20.0 Å². The van der Waals surface area contributed by atoms with E-state index in [1.807, 2.05) is 30.3 Å². The van der Waals surface area contributed by atoms with E-state index in [9.17, 15) is 24.5 Å². The second-order valence-corrected chi connectivity index (χ2v) is 6.40. The van der Waals surface area contributed by atoms with Crippen molar-refractivity contribution in [2.45, 2.75) is 12.3 Å². The van der Waals surface area contributed by atoms with Gasteiger partial charge in [-0.25, -0.2) is 0 Å². The van der Waals surface area contributed by atoms with Crippen LogP contribution in [0.3, 0.4) is 0 Å². The lowest BCUT2D eigenvalue weighted by molar-refractivity contribution is -0.384. The molecule has 0 heterocycles. The van der Waals surface area contributed by atoms with Crippen molar-refractivity contribution in [2.75, 3.05) is 0 Å². The Morgan fingerprint density at radius 2 is 1.82 bits per heavy atom. The van der Waals surface area contributed by atoms with E-state index in [0.29, 0.717) is 0 Å². The van der Waals surface area contributed by atoms with Crippen LogP contribution in [0.2, 0.25) is 0 Å². The minimum Gasteiger partial charge on any atom is -0.323 e. The van der Waals surface area contributed by atoms with Crippen molar-refractivity contribution in [2.24, 2.45) is 0 Å². The molecule has 2 aromatic carbocycles. The van der Waals surface area contributed by atoms with Crippen LogP contribution in [0, 0.1) is 10.1 Å². The van der Waals surface area contributed by atoms with Crippen LogP contribution in [0.25, 0.3) is 0 Å². The Morgan fingerprint density at radius 3 is 2.41 bits per heavy atom. The van der Waals surface area contributed by atoms with Crippen molar-refractivity contribution in [3.8, 4) is 0 Å². The van der Waals surface area contributed by atoms with Crippen LogP contribution in [0.4, 0.5) is 5.69 Å². The maximum Gasteiger partial charge on any atom is 0.346 e. The minimum atomic E-state index is -4.52. The molecule has 0 saturated heterocycles. The molecule has 0 radical (unpaired) electrons. The maximum atomic E-state index is 11.7. The van der Waals surface area contributed by atoms with Gasteiger partial charge in [0.05, 0.1) is 4.92 Å². The summed E-state index contributed by atoms with van der Waals surface area (Å²) >= 11 is 0. The third-order valence-electron chi connectivity index (χ3n) is 3.08. The zero-order valence-electron chi connectivity index (χ0n) is 11.5. The number of benzene rings is 2. The van der Waals surface area contributed by atoms with E-state index < -0.39 is 18.3 Å². The molecule has 2 rings (SSSR count). The molecule has 0 spiro atoms. The number of nitrogens with zero attached hydrogens (tertiary/aromatic N) is 1. The van der Waals surface area contributed by atoms with Gasteiger partial charge in [0.2, 0.25) is 0 Å². The number of nitro benzene ring substituents is 1. The van der Waals surface area contributed by atoms with E-state index in [0.717, 1.165) is 5.56 Å². The molecule has 0 bridgehead atoms. The van der Waals surface area contributed by atoms with E-state index in [4.69, 9.17) is 0 Å². The Morgan fingerprint density at radius 1 is 1.14 bits per heavy atom. The first kappa shape index (κ1) is 16.3. The normalized spacial score (nSPS) is 12.8. The SMILES string of the molecule is O=[N+]([O-])c1cccc([C@@H](NCc2ccccc2)P(=O)(O)O)c1. The third kappa shape index (κ3) is 4.22. The number of hydrogen-bond donors (Lipinski definition) is 3. The fourth-order valence-corrected chi connectivity index (χ4v) is 2.93. The number of hydrogen-bond acceptors (Lipinski definition) is 4. The summed E-state index contributed by atoms with van der Waals surface area (Å²) in [6, 6.07) is 14.4. The van der Waals surface area contributed by atoms with Gasteiger partial charge < -0.3 is 9.79 Å². The molecular formula is C14H15N2O5P. The number of rotatable bonds is 6. The fraction of sp³-hybridized carbons (Fsp3) is 0.143. The highest BCUT2D eigenvalue weighted by molar-refractivity contribution is 7.52. The van der Waals surface area contributed by atoms with Crippen molar-refractivity contribution in [1.29, 1.82) is 0 Å². The third-order valence-corrected chi connectivity index (χ3v) is 4.23. The summed E-state index contributed by atoms with van der Waals surface area (Å²) in [5.74, 6) is -1.30. The quantitative estimate of drug-likeness (QED) is 0.428. The molecule has 8 heteroatoms. The standard InChI is InChI=1S/C14H15N2O5P/c17-16(18)13-8-4-7-12(9-13)14(22(19,20)21)15-10-11-5-2-1-3-6-11/h1-9,14-15H,10H2,(H2,19,20,21)/t14-/m0/s1. The lowest BCUT2D eigenvalue weighted by Gasteiger charge is -2.20. The predicted molar refractivity (Wildman–Crippen MR) is 81.2 cm³/mol. The molecular weight excluding hydrogens is 307 g/mol. The van der Waals surface area contributed by atoms with Crippen LogP contribution in [0.15, 0.2) is 54.6 Å². The average molecular weight is 322 g/mol. The first-order valence-corrected chi connectivity index (χ1v) is 8.13. The largest absolute Gasteiger partial charge is 0.346 e. The molecule has 0 aliphatic heterocycles. The smallest absolute Gasteiger partial charge is 0.323 e. The second kappa shape index (κ2) is 6.81. The molecule has 0 aliphatic carbocycles. The van der Waals surface area contributed by atoms with Gasteiger partial charge in [0.15, 0.2) is 0 Å². The summed E-state index contributed by atoms with van der Waals surface area (Å²) < 4.78 is 11.7. The predicted octanol–water partition coefficient (Wildman–Crippen LogP) is 2.56. The molecule has 0 unspecified atom stereocenters. The molecule has 7 nitrogen and oxygen atoms in total. The second-order valence-electron chi connectivity index (χ2n) is 4.71. The van der Waals surface area contributed by atoms with Crippen LogP contribution in [-0.4, -0.2) is 14.7 Å². The molecule has 116 valence electrons. The molecule has 0 aliphatic rings. The van der Waals surface area contributed by atoms with Gasteiger partial charge in [-0.15, -0.1) is 0 Å². The molecule has 0 aromatic heterocycles. The first-order chi connectivity index (χ1) is 10.4. The molecule has 0 amide bonds. The maximum absolute atomic E-state index is 11.7. The van der Waals surface area contributed by atoms with Gasteiger partial charge >= 0.3 is 7.60 Å². The van der Waals surface area contributed by atoms with Crippen molar-refractivity contribution in [3.63, 3.8) is 0 Å². The highest BCUT2D eigenvalue weighted by Gasteiger charge is 2.30. The van der Waals surface area contributed by atoms with E-state index in [1.54, 1.807) is 0 Å². The van der Waals surface area contributed by atoms with Gasteiger partial charge in [0.1, 0.15) is 5.78 Å². The van der Waals surface area contributed by atoms with Crippen LogP contribution in [-0.2, 0) is 11.1 Å². The monoisotopic (exact) mass is 322 g/mol. The summed E-state index contributed by atoms with van der Waals surface area (Å²) in [5, 5.41) is 13.6. The highest BCUT2D eigenvalue weighted by atomic mass is 31.2. The Hall–Kier alpha value is -2.05. The van der Waals surface area contributed by atoms with Crippen LogP contribution in [0.1, 0.15) is 16.9 Å². The van der Waals surface area contributed by atoms with Crippen molar-refractivity contribution >= 4 is 13.3 Å². The minimum absolute atomic E-state index is 0.179. The van der Waals surface area contributed by atoms with E-state index >= 15 is 0 Å². The van der Waals surface area contributed by atoms with Crippen molar-refractivity contribution in [1.82, 2.24) is 5.32 Å². The number of non-ortho nitro benzene ring substituents is 1. The van der Waals surface area contributed by atoms with Crippen molar-refractivity contribution in [3.05, 3.63) is 75.8 Å². The first-order valence-electron chi connectivity index (χ1n) is 6.45. The van der Waals surface area contributed by atoms with Crippen LogP contribution in [0.5, 0.6) is 0 Å². The topological polar surface area (TPSA) is 113 Å². The average Bonchev–Trinajstić information content (AvgIpc) is 2.47. The van der Waals surface area contributed by atoms with Gasteiger partial charge in [0.25, 0.3) is 5.69 Å². The summed E-state index contributed by atoms with van der Waals surface area (Å²) in [4.78, 5) is 29.2. The molecule has 0 saturated carbocycles. The molecule has 3 N–H and O–H groups in total. The Kier molecular flexibility index (Phi) is 5.05. The van der Waals surface area contributed by atoms with Gasteiger partial charge in [-0.1, -0.05) is 42.5 Å². The highest BCUT2D eigenvalue weighted by Crippen LogP contribution is 2.50. The Bertz CT molecular complexity index is 701. The lowest BCUT2D eigenvalue weighted by atomic mass is 10.2. The zero-order chi connectivity index (χ0) is 16.2. The Balaban J connectivity index is 2.25. The summed E-state index contributed by atoms with van der Waals surface area (Å²) in [6.45, 7) is 0.235. The van der Waals surface area contributed by atoms with Crippen LogP contribution >= 0.6 is 7.60 Å². The van der Waals surface area contributed by atoms with Crippen molar-refractivity contribution < 1.29 is 19.3 Å². The summed E-state index contributed by atoms with van der Waals surface area (Å²) in [6.07, 6.45) is 0. The lowest BCUT2D eigenvalue weighted by Crippen LogP contribution is -2.21. The van der Waals surface area contributed by atoms with Gasteiger partial charge in [-0.05, 0) is 11.1 Å². The zero-order valence-corrected chi connectivity index (χ0v) is 12.4. The van der Waals surface area contributed by atoms with E-state index in [2.05, 4.69) is 5.32 Å². The molecule has 22 heavy (non-hydrogen) atoms. The molecule has 0 fully saturated rings. The van der Waals surface area contributed by atoms with E-state index in [1.165, 1.54) is 24.3 Å². The summed E-state index contributed by atoms with van der Waals surface area (Å²) in [7, 11) is -4.52. The number of nitro groups is 1. The van der Waals surface area contributed by atoms with Gasteiger partial charge in [-0.2, -0.15) is 0 Å².